The SMILES string of the molecule is ClCN1CCOSC1. The van der Waals surface area contributed by atoms with Gasteiger partial charge in [0.05, 0.1) is 18.5 Å². The van der Waals surface area contributed by atoms with Crippen molar-refractivity contribution in [3.05, 3.63) is 0 Å². The van der Waals surface area contributed by atoms with Crippen molar-refractivity contribution in [2.45, 2.75) is 0 Å². The Hall–Kier alpha value is 0.560. The summed E-state index contributed by atoms with van der Waals surface area (Å²) < 4.78 is 5.02. The molecule has 0 unspecified atom stereocenters. The molecule has 1 aliphatic heterocycles. The molecule has 0 spiro atoms. The van der Waals surface area contributed by atoms with Crippen LogP contribution in [0.15, 0.2) is 0 Å². The molecule has 0 radical (unpaired) electrons. The largest absolute Gasteiger partial charge is 0.313 e. The number of alkyl halides is 1. The van der Waals surface area contributed by atoms with Crippen LogP contribution in [-0.2, 0) is 4.18 Å². The summed E-state index contributed by atoms with van der Waals surface area (Å²) in [7, 11) is 0. The third-order valence-corrected chi connectivity index (χ3v) is 2.12. The van der Waals surface area contributed by atoms with Crippen molar-refractivity contribution in [1.29, 1.82) is 0 Å². The average molecular weight is 154 g/mol. The number of hydrogen-bond acceptors (Lipinski definition) is 3. The van der Waals surface area contributed by atoms with Crippen LogP contribution in [0, 0.1) is 0 Å². The van der Waals surface area contributed by atoms with Crippen LogP contribution in [0.5, 0.6) is 0 Å². The van der Waals surface area contributed by atoms with Crippen LogP contribution in [0.4, 0.5) is 0 Å². The predicted octanol–water partition coefficient (Wildman–Crippen LogP) is 1.12. The molecular weight excluding hydrogens is 146 g/mol. The van der Waals surface area contributed by atoms with Crippen LogP contribution in [-0.4, -0.2) is 29.9 Å². The molecule has 1 fully saturated rings. The predicted molar refractivity (Wildman–Crippen MR) is 35.8 cm³/mol. The first-order chi connectivity index (χ1) is 3.93. The Labute approximate surface area is 58.3 Å². The molecule has 1 heterocycles. The topological polar surface area (TPSA) is 12.5 Å². The zero-order valence-electron chi connectivity index (χ0n) is 4.47. The van der Waals surface area contributed by atoms with Crippen molar-refractivity contribution in [3.8, 4) is 0 Å². The Kier molecular flexibility index (Phi) is 2.97. The summed E-state index contributed by atoms with van der Waals surface area (Å²) in [5, 5.41) is 0. The first-order valence-corrected chi connectivity index (χ1v) is 3.91. The lowest BCUT2D eigenvalue weighted by molar-refractivity contribution is 0.245. The Morgan fingerprint density at radius 1 is 1.75 bits per heavy atom. The van der Waals surface area contributed by atoms with Crippen molar-refractivity contribution in [3.63, 3.8) is 0 Å². The molecule has 0 N–H and O–H groups in total. The third-order valence-electron chi connectivity index (χ3n) is 0.978. The smallest absolute Gasteiger partial charge is 0.0746 e. The molecule has 1 rings (SSSR count). The first kappa shape index (κ1) is 6.68. The highest BCUT2D eigenvalue weighted by Gasteiger charge is 2.07. The van der Waals surface area contributed by atoms with Crippen molar-refractivity contribution in [2.75, 3.05) is 25.0 Å². The van der Waals surface area contributed by atoms with E-state index in [1.807, 2.05) is 0 Å². The lowest BCUT2D eigenvalue weighted by Gasteiger charge is -2.22. The number of halogens is 1. The van der Waals surface area contributed by atoms with Gasteiger partial charge in [0.2, 0.25) is 0 Å². The van der Waals surface area contributed by atoms with Gasteiger partial charge in [-0.05, 0) is 0 Å². The molecule has 8 heavy (non-hydrogen) atoms. The van der Waals surface area contributed by atoms with E-state index in [9.17, 15) is 0 Å². The minimum Gasteiger partial charge on any atom is -0.313 e. The quantitative estimate of drug-likeness (QED) is 0.318. The van der Waals surface area contributed by atoms with Gasteiger partial charge in [0.25, 0.3) is 0 Å². The van der Waals surface area contributed by atoms with Crippen LogP contribution >= 0.6 is 23.6 Å². The highest BCUT2D eigenvalue weighted by Crippen LogP contribution is 2.11. The zero-order chi connectivity index (χ0) is 5.82. The van der Waals surface area contributed by atoms with E-state index in [2.05, 4.69) is 4.90 Å². The van der Waals surface area contributed by atoms with Crippen LogP contribution in [0.1, 0.15) is 0 Å². The van der Waals surface area contributed by atoms with E-state index < -0.39 is 0 Å². The van der Waals surface area contributed by atoms with Gasteiger partial charge in [0.1, 0.15) is 0 Å². The molecular formula is C4H8ClNOS. The molecule has 1 saturated heterocycles. The van der Waals surface area contributed by atoms with E-state index in [4.69, 9.17) is 15.8 Å². The molecule has 0 aromatic rings. The monoisotopic (exact) mass is 153 g/mol. The Morgan fingerprint density at radius 3 is 3.00 bits per heavy atom. The maximum absolute atomic E-state index is 5.54. The highest BCUT2D eigenvalue weighted by atomic mass is 35.5. The zero-order valence-corrected chi connectivity index (χ0v) is 6.04. The van der Waals surface area contributed by atoms with Crippen LogP contribution in [0.25, 0.3) is 0 Å². The molecule has 0 aliphatic carbocycles. The van der Waals surface area contributed by atoms with E-state index in [0.29, 0.717) is 6.00 Å². The summed E-state index contributed by atoms with van der Waals surface area (Å²) in [6.45, 7) is 1.77. The van der Waals surface area contributed by atoms with E-state index in [1.165, 1.54) is 12.0 Å². The van der Waals surface area contributed by atoms with E-state index in [1.54, 1.807) is 0 Å². The van der Waals surface area contributed by atoms with Crippen LogP contribution < -0.4 is 0 Å². The van der Waals surface area contributed by atoms with E-state index in [0.717, 1.165) is 19.0 Å². The minimum absolute atomic E-state index is 0.621. The standard InChI is InChI=1S/C4H8ClNOS/c5-3-6-1-2-7-8-4-6/h1-4H2. The molecule has 48 valence electrons. The molecule has 0 saturated carbocycles. The van der Waals surface area contributed by atoms with Gasteiger partial charge in [-0.3, -0.25) is 4.90 Å². The second-order valence-electron chi connectivity index (χ2n) is 1.58. The second kappa shape index (κ2) is 3.56. The van der Waals surface area contributed by atoms with Gasteiger partial charge < -0.3 is 4.18 Å². The molecule has 0 aromatic carbocycles. The first-order valence-electron chi connectivity index (χ1n) is 2.46. The Morgan fingerprint density at radius 2 is 2.62 bits per heavy atom. The number of rotatable bonds is 1. The molecule has 2 nitrogen and oxygen atoms in total. The summed E-state index contributed by atoms with van der Waals surface area (Å²) in [4.78, 5) is 2.12. The van der Waals surface area contributed by atoms with Gasteiger partial charge in [-0.15, -0.1) is 11.6 Å². The fourth-order valence-electron chi connectivity index (χ4n) is 0.496. The summed E-state index contributed by atoms with van der Waals surface area (Å²) in [5.41, 5.74) is 0. The van der Waals surface area contributed by atoms with E-state index >= 15 is 0 Å². The van der Waals surface area contributed by atoms with Gasteiger partial charge in [0, 0.05) is 18.6 Å². The average Bonchev–Trinajstić information content (AvgIpc) is 1.90. The molecule has 0 bridgehead atoms. The molecule has 0 amide bonds. The fourth-order valence-corrected chi connectivity index (χ4v) is 1.44. The Balaban J connectivity index is 2.13. The molecule has 0 aromatic heterocycles. The summed E-state index contributed by atoms with van der Waals surface area (Å²) in [5.74, 6) is 0.906. The van der Waals surface area contributed by atoms with Crippen LogP contribution in [0.2, 0.25) is 0 Å². The fraction of sp³-hybridized carbons (Fsp3) is 1.00. The normalized spacial score (nSPS) is 23.6. The molecule has 1 aliphatic rings. The minimum atomic E-state index is 0.621. The van der Waals surface area contributed by atoms with Gasteiger partial charge in [-0.2, -0.15) is 0 Å². The summed E-state index contributed by atoms with van der Waals surface area (Å²) >= 11 is 7.01. The molecule has 4 heteroatoms. The van der Waals surface area contributed by atoms with Gasteiger partial charge in [-0.25, -0.2) is 0 Å². The van der Waals surface area contributed by atoms with Crippen molar-refractivity contribution in [1.82, 2.24) is 4.90 Å². The Bertz CT molecular complexity index is 67.1. The number of nitrogens with zero attached hydrogens (tertiary/aromatic N) is 1. The maximum Gasteiger partial charge on any atom is 0.0746 e. The summed E-state index contributed by atoms with van der Waals surface area (Å²) in [6.07, 6.45) is 0. The van der Waals surface area contributed by atoms with Gasteiger partial charge in [0.15, 0.2) is 0 Å². The van der Waals surface area contributed by atoms with Gasteiger partial charge >= 0.3 is 0 Å². The van der Waals surface area contributed by atoms with Crippen molar-refractivity contribution < 1.29 is 4.18 Å². The maximum atomic E-state index is 5.54. The third kappa shape index (κ3) is 1.82. The van der Waals surface area contributed by atoms with Crippen LogP contribution in [0.3, 0.4) is 0 Å². The highest BCUT2D eigenvalue weighted by molar-refractivity contribution is 7.94. The lowest BCUT2D eigenvalue weighted by Crippen LogP contribution is -2.29. The molecule has 0 atom stereocenters. The number of hydrogen-bond donors (Lipinski definition) is 0. The van der Waals surface area contributed by atoms with Crippen molar-refractivity contribution >= 4 is 23.6 Å². The lowest BCUT2D eigenvalue weighted by atomic mass is 10.6. The summed E-state index contributed by atoms with van der Waals surface area (Å²) in [6, 6.07) is 0.621. The second-order valence-corrected chi connectivity index (χ2v) is 2.55. The van der Waals surface area contributed by atoms with Crippen molar-refractivity contribution in [2.24, 2.45) is 0 Å². The van der Waals surface area contributed by atoms with Gasteiger partial charge in [-0.1, -0.05) is 0 Å². The van der Waals surface area contributed by atoms with E-state index in [-0.39, 0.29) is 0 Å².